The molecule has 5 nitrogen and oxygen atoms in total. The number of likely N-dealkylation sites (tertiary alicyclic amines) is 1. The molecule has 194 valence electrons. The SMILES string of the molecule is Cc1nc2c(s1)C1(CNC2)CNCC1C(=O)N1CCC(c2ccccc2)CC1C1CCCC(F)(F)C1. The van der Waals surface area contributed by atoms with Gasteiger partial charge >= 0.3 is 0 Å². The van der Waals surface area contributed by atoms with E-state index < -0.39 is 5.92 Å². The maximum atomic E-state index is 14.6. The van der Waals surface area contributed by atoms with Crippen molar-refractivity contribution in [2.24, 2.45) is 11.8 Å². The lowest BCUT2D eigenvalue weighted by molar-refractivity contribution is -0.145. The summed E-state index contributed by atoms with van der Waals surface area (Å²) in [7, 11) is 0. The normalized spacial score (nSPS) is 34.0. The van der Waals surface area contributed by atoms with E-state index in [4.69, 9.17) is 4.98 Å². The monoisotopic (exact) mass is 514 g/mol. The number of benzene rings is 1. The van der Waals surface area contributed by atoms with E-state index in [9.17, 15) is 13.6 Å². The lowest BCUT2D eigenvalue weighted by Crippen LogP contribution is -2.57. The summed E-state index contributed by atoms with van der Waals surface area (Å²) in [6.45, 7) is 5.53. The van der Waals surface area contributed by atoms with E-state index in [2.05, 4.69) is 34.9 Å². The Morgan fingerprint density at radius 1 is 1.17 bits per heavy atom. The molecule has 2 N–H and O–H groups in total. The van der Waals surface area contributed by atoms with Gasteiger partial charge in [-0.05, 0) is 50.0 Å². The molecule has 5 atom stereocenters. The van der Waals surface area contributed by atoms with E-state index in [1.165, 1.54) is 10.4 Å². The summed E-state index contributed by atoms with van der Waals surface area (Å²) in [6, 6.07) is 10.3. The van der Waals surface area contributed by atoms with Gasteiger partial charge in [-0.2, -0.15) is 0 Å². The number of rotatable bonds is 3. The molecule has 3 fully saturated rings. The van der Waals surface area contributed by atoms with Gasteiger partial charge in [-0.25, -0.2) is 13.8 Å². The Hall–Kier alpha value is -1.90. The van der Waals surface area contributed by atoms with Gasteiger partial charge in [0.25, 0.3) is 0 Å². The number of hydrogen-bond donors (Lipinski definition) is 2. The average Bonchev–Trinajstić information content (AvgIpc) is 3.47. The maximum Gasteiger partial charge on any atom is 0.248 e. The van der Waals surface area contributed by atoms with Crippen LogP contribution in [0, 0.1) is 18.8 Å². The number of thiazole rings is 1. The number of nitrogens with zero attached hydrogens (tertiary/aromatic N) is 2. The summed E-state index contributed by atoms with van der Waals surface area (Å²) in [5.41, 5.74) is 2.02. The number of carbonyl (C=O) groups excluding carboxylic acids is 1. The fourth-order valence-corrected chi connectivity index (χ4v) is 8.63. The quantitative estimate of drug-likeness (QED) is 0.628. The van der Waals surface area contributed by atoms with E-state index in [0.29, 0.717) is 25.4 Å². The first-order valence-corrected chi connectivity index (χ1v) is 14.3. The van der Waals surface area contributed by atoms with Gasteiger partial charge in [-0.1, -0.05) is 30.3 Å². The van der Waals surface area contributed by atoms with E-state index in [-0.39, 0.29) is 42.0 Å². The molecule has 2 saturated heterocycles. The summed E-state index contributed by atoms with van der Waals surface area (Å²) in [4.78, 5) is 22.4. The minimum Gasteiger partial charge on any atom is -0.339 e. The lowest BCUT2D eigenvalue weighted by Gasteiger charge is -2.48. The molecule has 1 saturated carbocycles. The van der Waals surface area contributed by atoms with Crippen molar-refractivity contribution in [3.8, 4) is 0 Å². The molecular formula is C28H36F2N4OS. The summed E-state index contributed by atoms with van der Waals surface area (Å²) >= 11 is 1.72. The van der Waals surface area contributed by atoms with Gasteiger partial charge in [-0.3, -0.25) is 4.79 Å². The van der Waals surface area contributed by atoms with Crippen molar-refractivity contribution in [2.75, 3.05) is 26.2 Å². The molecule has 3 aliphatic heterocycles. The summed E-state index contributed by atoms with van der Waals surface area (Å²) in [6.07, 6.45) is 2.84. The molecule has 1 aliphatic carbocycles. The fraction of sp³-hybridized carbons (Fsp3) is 0.643. The predicted octanol–water partition coefficient (Wildman–Crippen LogP) is 4.61. The number of amides is 1. The number of carbonyl (C=O) groups is 1. The first kappa shape index (κ1) is 24.4. The van der Waals surface area contributed by atoms with Crippen molar-refractivity contribution in [2.45, 2.75) is 75.3 Å². The fourth-order valence-electron chi connectivity index (χ4n) is 7.45. The van der Waals surface area contributed by atoms with Crippen molar-refractivity contribution in [1.29, 1.82) is 0 Å². The van der Waals surface area contributed by atoms with Crippen LogP contribution in [0.15, 0.2) is 30.3 Å². The number of piperidine rings is 1. The number of halogens is 2. The van der Waals surface area contributed by atoms with Crippen molar-refractivity contribution >= 4 is 17.2 Å². The molecule has 1 aromatic heterocycles. The molecule has 1 spiro atoms. The van der Waals surface area contributed by atoms with Crippen LogP contribution >= 0.6 is 11.3 Å². The van der Waals surface area contributed by atoms with Crippen molar-refractivity contribution in [1.82, 2.24) is 20.5 Å². The molecule has 1 aromatic carbocycles. The minimum absolute atomic E-state index is 0.0267. The molecule has 4 heterocycles. The van der Waals surface area contributed by atoms with Gasteiger partial charge in [0.1, 0.15) is 0 Å². The highest BCUT2D eigenvalue weighted by Crippen LogP contribution is 2.47. The predicted molar refractivity (Wildman–Crippen MR) is 137 cm³/mol. The van der Waals surface area contributed by atoms with Crippen molar-refractivity contribution in [3.63, 3.8) is 0 Å². The Morgan fingerprint density at radius 2 is 1.97 bits per heavy atom. The zero-order chi connectivity index (χ0) is 24.9. The highest BCUT2D eigenvalue weighted by atomic mass is 32.1. The van der Waals surface area contributed by atoms with Crippen LogP contribution < -0.4 is 10.6 Å². The Kier molecular flexibility index (Phi) is 6.41. The van der Waals surface area contributed by atoms with E-state index in [1.54, 1.807) is 11.3 Å². The number of nitrogens with one attached hydrogen (secondary N) is 2. The largest absolute Gasteiger partial charge is 0.339 e. The molecule has 1 amide bonds. The molecule has 2 aromatic rings. The Morgan fingerprint density at radius 3 is 2.78 bits per heavy atom. The third-order valence-electron chi connectivity index (χ3n) is 9.16. The first-order chi connectivity index (χ1) is 17.4. The Labute approximate surface area is 216 Å². The number of alkyl halides is 2. The standard InChI is InChI=1S/C28H36F2N4OS/c1-18-33-23-15-32-17-27(25(23)36-18)16-31-14-22(27)26(35)34-11-9-20(19-6-3-2-4-7-19)12-24(34)21-8-5-10-28(29,30)13-21/h2-4,6-7,20-22,24,31-32H,5,8-17H2,1H3. The first-order valence-electron chi connectivity index (χ1n) is 13.5. The number of hydrogen-bond acceptors (Lipinski definition) is 5. The van der Waals surface area contributed by atoms with E-state index >= 15 is 0 Å². The average molecular weight is 515 g/mol. The molecule has 5 unspecified atom stereocenters. The van der Waals surface area contributed by atoms with E-state index in [1.807, 2.05) is 17.9 Å². The third-order valence-corrected chi connectivity index (χ3v) is 10.4. The smallest absolute Gasteiger partial charge is 0.248 e. The molecular weight excluding hydrogens is 478 g/mol. The van der Waals surface area contributed by atoms with Gasteiger partial charge in [0.15, 0.2) is 0 Å². The second-order valence-corrected chi connectivity index (χ2v) is 12.6. The van der Waals surface area contributed by atoms with Crippen molar-refractivity contribution in [3.05, 3.63) is 51.5 Å². The van der Waals surface area contributed by atoms with Crippen LogP contribution in [0.2, 0.25) is 0 Å². The van der Waals surface area contributed by atoms with E-state index in [0.717, 1.165) is 49.6 Å². The Bertz CT molecular complexity index is 1110. The highest BCUT2D eigenvalue weighted by Gasteiger charge is 2.54. The maximum absolute atomic E-state index is 14.6. The van der Waals surface area contributed by atoms with Crippen LogP contribution in [0.4, 0.5) is 8.78 Å². The second-order valence-electron chi connectivity index (χ2n) is 11.4. The molecule has 0 radical (unpaired) electrons. The van der Waals surface area contributed by atoms with Gasteiger partial charge in [-0.15, -0.1) is 11.3 Å². The van der Waals surface area contributed by atoms with Gasteiger partial charge in [0.2, 0.25) is 11.8 Å². The second kappa shape index (κ2) is 9.44. The van der Waals surface area contributed by atoms with Crippen LogP contribution in [0.5, 0.6) is 0 Å². The van der Waals surface area contributed by atoms with Crippen LogP contribution in [-0.2, 0) is 16.8 Å². The summed E-state index contributed by atoms with van der Waals surface area (Å²) < 4.78 is 29.2. The van der Waals surface area contributed by atoms with Crippen LogP contribution in [0.1, 0.15) is 65.6 Å². The van der Waals surface area contributed by atoms with Crippen LogP contribution in [-0.4, -0.2) is 53.9 Å². The minimum atomic E-state index is -2.63. The lowest BCUT2D eigenvalue weighted by atomic mass is 9.71. The van der Waals surface area contributed by atoms with Crippen LogP contribution in [0.3, 0.4) is 0 Å². The van der Waals surface area contributed by atoms with Gasteiger partial charge in [0.05, 0.1) is 16.6 Å². The zero-order valence-corrected chi connectivity index (χ0v) is 21.8. The molecule has 0 bridgehead atoms. The summed E-state index contributed by atoms with van der Waals surface area (Å²) in [5.74, 6) is -2.54. The molecule has 4 aliphatic rings. The molecule has 8 heteroatoms. The Balaban J connectivity index is 1.31. The topological polar surface area (TPSA) is 57.3 Å². The third kappa shape index (κ3) is 4.29. The molecule has 36 heavy (non-hydrogen) atoms. The zero-order valence-electron chi connectivity index (χ0n) is 20.9. The number of fused-ring (bicyclic) bond motifs is 2. The highest BCUT2D eigenvalue weighted by molar-refractivity contribution is 7.11. The number of aryl methyl sites for hydroxylation is 1. The van der Waals surface area contributed by atoms with Gasteiger partial charge < -0.3 is 15.5 Å². The van der Waals surface area contributed by atoms with Gasteiger partial charge in [0, 0.05) is 61.9 Å². The molecule has 6 rings (SSSR count). The number of aromatic nitrogens is 1. The summed E-state index contributed by atoms with van der Waals surface area (Å²) in [5, 5.41) is 8.07. The van der Waals surface area contributed by atoms with Crippen LogP contribution in [0.25, 0.3) is 0 Å². The van der Waals surface area contributed by atoms with Crippen molar-refractivity contribution < 1.29 is 13.6 Å².